The van der Waals surface area contributed by atoms with Gasteiger partial charge in [0.2, 0.25) is 17.6 Å². The topological polar surface area (TPSA) is 103 Å². The summed E-state index contributed by atoms with van der Waals surface area (Å²) >= 11 is 0. The van der Waals surface area contributed by atoms with E-state index in [1.807, 2.05) is 6.92 Å². The van der Waals surface area contributed by atoms with Crippen molar-refractivity contribution in [2.45, 2.75) is 32.4 Å². The fourth-order valence-electron chi connectivity index (χ4n) is 1.75. The van der Waals surface area contributed by atoms with Gasteiger partial charge in [-0.25, -0.2) is 0 Å². The number of amides is 1. The average molecular weight is 254 g/mol. The van der Waals surface area contributed by atoms with Gasteiger partial charge < -0.3 is 15.0 Å². The van der Waals surface area contributed by atoms with Crippen molar-refractivity contribution in [1.82, 2.24) is 15.5 Å². The molecule has 2 rings (SSSR count). The van der Waals surface area contributed by atoms with E-state index in [1.54, 1.807) is 0 Å². The van der Waals surface area contributed by atoms with Crippen LogP contribution in [0.25, 0.3) is 0 Å². The van der Waals surface area contributed by atoms with E-state index in [1.165, 1.54) is 0 Å². The number of hydrogen-bond acceptors (Lipinski definition) is 6. The second kappa shape index (κ2) is 5.92. The maximum atomic E-state index is 10.6. The SMILES string of the molecule is CCOC(c1noc(CNCC(N)=O)n1)C1CC1. The number of hydrogen-bond donors (Lipinski definition) is 2. The summed E-state index contributed by atoms with van der Waals surface area (Å²) in [5, 5.41) is 6.75. The molecule has 7 nitrogen and oxygen atoms in total. The molecule has 0 spiro atoms. The summed E-state index contributed by atoms with van der Waals surface area (Å²) in [6.45, 7) is 3.00. The second-order valence-corrected chi connectivity index (χ2v) is 4.33. The van der Waals surface area contributed by atoms with Crippen molar-refractivity contribution < 1.29 is 14.1 Å². The molecule has 1 aliphatic rings. The van der Waals surface area contributed by atoms with Crippen LogP contribution in [-0.4, -0.2) is 29.2 Å². The lowest BCUT2D eigenvalue weighted by molar-refractivity contribution is -0.117. The summed E-state index contributed by atoms with van der Waals surface area (Å²) in [7, 11) is 0. The van der Waals surface area contributed by atoms with Gasteiger partial charge in [-0.3, -0.25) is 10.1 Å². The molecule has 1 fully saturated rings. The van der Waals surface area contributed by atoms with E-state index >= 15 is 0 Å². The van der Waals surface area contributed by atoms with Crippen LogP contribution in [0.5, 0.6) is 0 Å². The zero-order chi connectivity index (χ0) is 13.0. The number of ether oxygens (including phenoxy) is 1. The van der Waals surface area contributed by atoms with E-state index in [0.29, 0.717) is 30.8 Å². The van der Waals surface area contributed by atoms with E-state index in [0.717, 1.165) is 12.8 Å². The molecular weight excluding hydrogens is 236 g/mol. The molecule has 1 aromatic heterocycles. The molecule has 0 radical (unpaired) electrons. The summed E-state index contributed by atoms with van der Waals surface area (Å²) in [6.07, 6.45) is 2.23. The van der Waals surface area contributed by atoms with E-state index in [2.05, 4.69) is 15.5 Å². The summed E-state index contributed by atoms with van der Waals surface area (Å²) < 4.78 is 10.7. The van der Waals surface area contributed by atoms with Gasteiger partial charge in [-0.15, -0.1) is 0 Å². The van der Waals surface area contributed by atoms with Crippen molar-refractivity contribution in [2.24, 2.45) is 11.7 Å². The Kier molecular flexibility index (Phi) is 4.27. The number of nitrogens with zero attached hydrogens (tertiary/aromatic N) is 2. The van der Waals surface area contributed by atoms with Gasteiger partial charge in [-0.1, -0.05) is 5.16 Å². The molecule has 0 saturated heterocycles. The van der Waals surface area contributed by atoms with Crippen molar-refractivity contribution in [3.63, 3.8) is 0 Å². The lowest BCUT2D eigenvalue weighted by Gasteiger charge is -2.10. The van der Waals surface area contributed by atoms with Crippen LogP contribution in [0.1, 0.15) is 37.6 Å². The molecule has 1 aliphatic carbocycles. The normalized spacial score (nSPS) is 16.7. The minimum atomic E-state index is -0.417. The van der Waals surface area contributed by atoms with Gasteiger partial charge >= 0.3 is 0 Å². The highest BCUT2D eigenvalue weighted by Gasteiger charge is 2.36. The van der Waals surface area contributed by atoms with E-state index in [4.69, 9.17) is 15.0 Å². The average Bonchev–Trinajstić information content (AvgIpc) is 3.06. The first-order chi connectivity index (χ1) is 8.70. The summed E-state index contributed by atoms with van der Waals surface area (Å²) in [5.41, 5.74) is 5.01. The van der Waals surface area contributed by atoms with Crippen LogP contribution in [0.2, 0.25) is 0 Å². The van der Waals surface area contributed by atoms with Gasteiger partial charge in [0.05, 0.1) is 13.1 Å². The molecule has 1 saturated carbocycles. The zero-order valence-corrected chi connectivity index (χ0v) is 10.4. The van der Waals surface area contributed by atoms with Crippen LogP contribution in [0, 0.1) is 5.92 Å². The lowest BCUT2D eigenvalue weighted by atomic mass is 10.2. The molecule has 0 aliphatic heterocycles. The Balaban J connectivity index is 1.89. The molecule has 18 heavy (non-hydrogen) atoms. The molecule has 1 heterocycles. The first kappa shape index (κ1) is 13.0. The van der Waals surface area contributed by atoms with Crippen LogP contribution in [0.4, 0.5) is 0 Å². The van der Waals surface area contributed by atoms with E-state index in [9.17, 15) is 4.79 Å². The van der Waals surface area contributed by atoms with Crippen molar-refractivity contribution in [1.29, 1.82) is 0 Å². The van der Waals surface area contributed by atoms with E-state index in [-0.39, 0.29) is 12.6 Å². The predicted octanol–water partition coefficient (Wildman–Crippen LogP) is 0.132. The van der Waals surface area contributed by atoms with Crippen LogP contribution < -0.4 is 11.1 Å². The van der Waals surface area contributed by atoms with Crippen molar-refractivity contribution in [3.05, 3.63) is 11.7 Å². The Morgan fingerprint density at radius 3 is 3.06 bits per heavy atom. The highest BCUT2D eigenvalue weighted by Crippen LogP contribution is 2.42. The number of nitrogens with one attached hydrogen (secondary N) is 1. The van der Waals surface area contributed by atoms with Crippen LogP contribution >= 0.6 is 0 Å². The van der Waals surface area contributed by atoms with Gasteiger partial charge in [0.1, 0.15) is 6.10 Å². The quantitative estimate of drug-likeness (QED) is 0.683. The number of aromatic nitrogens is 2. The van der Waals surface area contributed by atoms with Crippen LogP contribution in [0.3, 0.4) is 0 Å². The van der Waals surface area contributed by atoms with Gasteiger partial charge in [-0.05, 0) is 25.7 Å². The number of nitrogens with two attached hydrogens (primary N) is 1. The molecule has 1 amide bonds. The largest absolute Gasteiger partial charge is 0.370 e. The third-order valence-corrected chi connectivity index (χ3v) is 2.71. The Labute approximate surface area is 105 Å². The minimum absolute atomic E-state index is 0.0661. The Bertz CT molecular complexity index is 403. The Morgan fingerprint density at radius 2 is 2.44 bits per heavy atom. The second-order valence-electron chi connectivity index (χ2n) is 4.33. The maximum absolute atomic E-state index is 10.6. The Morgan fingerprint density at radius 1 is 1.67 bits per heavy atom. The maximum Gasteiger partial charge on any atom is 0.240 e. The summed E-state index contributed by atoms with van der Waals surface area (Å²) in [6, 6.07) is 0. The molecule has 1 atom stereocenters. The van der Waals surface area contributed by atoms with Crippen molar-refractivity contribution >= 4 is 5.91 Å². The van der Waals surface area contributed by atoms with Crippen molar-refractivity contribution in [3.8, 4) is 0 Å². The zero-order valence-electron chi connectivity index (χ0n) is 10.4. The standard InChI is InChI=1S/C11H18N4O3/c1-2-17-10(7-3-4-7)11-14-9(18-15-11)6-13-5-8(12)16/h7,10,13H,2-6H2,1H3,(H2,12,16). The number of carbonyl (C=O) groups is 1. The van der Waals surface area contributed by atoms with Crippen LogP contribution in [-0.2, 0) is 16.1 Å². The number of rotatable bonds is 8. The lowest BCUT2D eigenvalue weighted by Crippen LogP contribution is -2.28. The van der Waals surface area contributed by atoms with Crippen molar-refractivity contribution in [2.75, 3.05) is 13.2 Å². The molecule has 1 aromatic rings. The van der Waals surface area contributed by atoms with Crippen LogP contribution in [0.15, 0.2) is 4.52 Å². The minimum Gasteiger partial charge on any atom is -0.370 e. The molecule has 0 bridgehead atoms. The van der Waals surface area contributed by atoms with Gasteiger partial charge in [0, 0.05) is 6.61 Å². The van der Waals surface area contributed by atoms with Gasteiger partial charge in [0.15, 0.2) is 0 Å². The highest BCUT2D eigenvalue weighted by molar-refractivity contribution is 5.75. The third kappa shape index (κ3) is 3.51. The molecule has 7 heteroatoms. The Hall–Kier alpha value is -1.47. The number of primary amides is 1. The van der Waals surface area contributed by atoms with E-state index < -0.39 is 5.91 Å². The number of carbonyl (C=O) groups excluding carboxylic acids is 1. The van der Waals surface area contributed by atoms with Gasteiger partial charge in [0.25, 0.3) is 0 Å². The predicted molar refractivity (Wildman–Crippen MR) is 62.3 cm³/mol. The molecular formula is C11H18N4O3. The highest BCUT2D eigenvalue weighted by atomic mass is 16.5. The smallest absolute Gasteiger partial charge is 0.240 e. The summed E-state index contributed by atoms with van der Waals surface area (Å²) in [4.78, 5) is 14.8. The monoisotopic (exact) mass is 254 g/mol. The molecule has 3 N–H and O–H groups in total. The first-order valence-electron chi connectivity index (χ1n) is 6.13. The third-order valence-electron chi connectivity index (χ3n) is 2.71. The molecule has 1 unspecified atom stereocenters. The van der Waals surface area contributed by atoms with Gasteiger partial charge in [-0.2, -0.15) is 4.98 Å². The fourth-order valence-corrected chi connectivity index (χ4v) is 1.75. The molecule has 0 aromatic carbocycles. The summed E-state index contributed by atoms with van der Waals surface area (Å²) in [5.74, 6) is 1.13. The molecule has 100 valence electrons. The first-order valence-corrected chi connectivity index (χ1v) is 6.13. The fraction of sp³-hybridized carbons (Fsp3) is 0.727.